The fourth-order valence-electron chi connectivity index (χ4n) is 2.71. The number of hydrogen-bond donors (Lipinski definition) is 0. The summed E-state index contributed by atoms with van der Waals surface area (Å²) in [7, 11) is -0.331. The fourth-order valence-corrected chi connectivity index (χ4v) is 5.42. The molecule has 0 aromatic heterocycles. The van der Waals surface area contributed by atoms with Gasteiger partial charge in [0.05, 0.1) is 0 Å². The maximum absolute atomic E-state index is 2.38. The van der Waals surface area contributed by atoms with Crippen molar-refractivity contribution in [1.82, 2.24) is 0 Å². The van der Waals surface area contributed by atoms with E-state index in [1.54, 1.807) is 5.57 Å². The molecule has 0 saturated carbocycles. The molecule has 0 bridgehead atoms. The lowest BCUT2D eigenvalue weighted by Crippen LogP contribution is -2.20. The third-order valence-corrected chi connectivity index (χ3v) is 6.61. The predicted molar refractivity (Wildman–Crippen MR) is 90.4 cm³/mol. The van der Waals surface area contributed by atoms with Gasteiger partial charge in [-0.2, -0.15) is 0 Å². The highest BCUT2D eigenvalue weighted by Gasteiger charge is 2.23. The Morgan fingerprint density at radius 3 is 1.85 bits per heavy atom. The highest BCUT2D eigenvalue weighted by atomic mass is 31.1. The minimum absolute atomic E-state index is 0.331. The van der Waals surface area contributed by atoms with Crippen molar-refractivity contribution in [1.29, 1.82) is 0 Å². The van der Waals surface area contributed by atoms with Gasteiger partial charge in [0.2, 0.25) is 0 Å². The summed E-state index contributed by atoms with van der Waals surface area (Å²) in [5, 5.41) is 2.93. The van der Waals surface area contributed by atoms with Crippen LogP contribution in [0, 0.1) is 0 Å². The lowest BCUT2D eigenvalue weighted by Gasteiger charge is -2.26. The molecule has 20 heavy (non-hydrogen) atoms. The number of allylic oxidation sites excluding steroid dienone is 4. The molecule has 0 saturated heterocycles. The lowest BCUT2D eigenvalue weighted by molar-refractivity contribution is 1.06. The monoisotopic (exact) mass is 278 g/mol. The summed E-state index contributed by atoms with van der Waals surface area (Å²) in [6, 6.07) is 21.9. The van der Waals surface area contributed by atoms with E-state index in [2.05, 4.69) is 85.8 Å². The molecular weight excluding hydrogens is 259 g/mol. The summed E-state index contributed by atoms with van der Waals surface area (Å²) < 4.78 is 0. The minimum Gasteiger partial charge on any atom is -0.0804 e. The molecule has 1 aliphatic carbocycles. The van der Waals surface area contributed by atoms with Gasteiger partial charge < -0.3 is 0 Å². The van der Waals surface area contributed by atoms with E-state index in [9.17, 15) is 0 Å². The molecule has 0 fully saturated rings. The summed E-state index contributed by atoms with van der Waals surface area (Å²) in [6.07, 6.45) is 7.86. The second-order valence-electron chi connectivity index (χ2n) is 5.09. The van der Waals surface area contributed by atoms with Crippen LogP contribution in [0.5, 0.6) is 0 Å². The molecule has 1 unspecified atom stereocenters. The number of hydrogen-bond acceptors (Lipinski definition) is 0. The molecule has 2 aromatic rings. The van der Waals surface area contributed by atoms with E-state index in [0.717, 1.165) is 6.42 Å². The Bertz CT molecular complexity index is 571. The third kappa shape index (κ3) is 2.76. The second-order valence-corrected chi connectivity index (χ2v) is 7.64. The Balaban J connectivity index is 2.00. The average Bonchev–Trinajstić information content (AvgIpc) is 3.04. The molecule has 3 rings (SSSR count). The third-order valence-electron chi connectivity index (χ3n) is 3.79. The fraction of sp³-hybridized carbons (Fsp3) is 0.158. The number of benzene rings is 2. The van der Waals surface area contributed by atoms with Crippen molar-refractivity contribution < 1.29 is 0 Å². The van der Waals surface area contributed by atoms with E-state index >= 15 is 0 Å². The van der Waals surface area contributed by atoms with Gasteiger partial charge in [-0.05, 0) is 25.0 Å². The van der Waals surface area contributed by atoms with Crippen LogP contribution in [0.25, 0.3) is 0 Å². The molecule has 1 aliphatic rings. The molecule has 0 amide bonds. The van der Waals surface area contributed by atoms with Crippen molar-refractivity contribution in [3.05, 3.63) is 84.5 Å². The zero-order valence-electron chi connectivity index (χ0n) is 11.7. The van der Waals surface area contributed by atoms with Gasteiger partial charge in [-0.15, -0.1) is 0 Å². The molecule has 1 heteroatoms. The maximum Gasteiger partial charge on any atom is 0.00587 e. The van der Waals surface area contributed by atoms with E-state index in [0.29, 0.717) is 5.66 Å². The summed E-state index contributed by atoms with van der Waals surface area (Å²) in [4.78, 5) is 0. The first-order chi connectivity index (χ1) is 9.86. The van der Waals surface area contributed by atoms with Gasteiger partial charge in [-0.1, -0.05) is 91.4 Å². The quantitative estimate of drug-likeness (QED) is 0.727. The first-order valence-electron chi connectivity index (χ1n) is 7.11. The van der Waals surface area contributed by atoms with Crippen molar-refractivity contribution in [2.75, 3.05) is 0 Å². The van der Waals surface area contributed by atoms with E-state index in [-0.39, 0.29) is 7.92 Å². The Hall–Kier alpha value is -1.65. The molecular formula is C19H19P. The van der Waals surface area contributed by atoms with Crippen LogP contribution in [0.15, 0.2) is 84.5 Å². The average molecular weight is 278 g/mol. The SMILES string of the molecule is CC(C1=CC=CC1)P(c1ccccc1)c1ccccc1. The standard InChI is InChI=1S/C19H19P/c1-16(17-10-8-9-11-17)20(18-12-4-2-5-13-18)19-14-6-3-7-15-19/h2-10,12-16H,11H2,1H3. The first kappa shape index (κ1) is 13.3. The molecule has 100 valence electrons. The van der Waals surface area contributed by atoms with Crippen LogP contribution in [0.2, 0.25) is 0 Å². The van der Waals surface area contributed by atoms with E-state index in [1.807, 2.05) is 0 Å². The van der Waals surface area contributed by atoms with Crippen LogP contribution in [0.3, 0.4) is 0 Å². The van der Waals surface area contributed by atoms with Crippen molar-refractivity contribution in [3.63, 3.8) is 0 Å². The number of rotatable bonds is 4. The predicted octanol–water partition coefficient (Wildman–Crippen LogP) is 4.39. The Morgan fingerprint density at radius 1 is 0.850 bits per heavy atom. The second kappa shape index (κ2) is 6.20. The van der Waals surface area contributed by atoms with E-state index < -0.39 is 0 Å². The Labute approximate surface area is 122 Å². The summed E-state index contributed by atoms with van der Waals surface area (Å²) in [5.74, 6) is 0. The van der Waals surface area contributed by atoms with E-state index in [4.69, 9.17) is 0 Å². The largest absolute Gasteiger partial charge is 0.0804 e. The lowest BCUT2D eigenvalue weighted by atomic mass is 10.2. The Kier molecular flexibility index (Phi) is 4.14. The summed E-state index contributed by atoms with van der Waals surface area (Å²) >= 11 is 0. The minimum atomic E-state index is -0.331. The van der Waals surface area contributed by atoms with Crippen LogP contribution < -0.4 is 10.6 Å². The van der Waals surface area contributed by atoms with Crippen molar-refractivity contribution in [2.45, 2.75) is 19.0 Å². The highest BCUT2D eigenvalue weighted by molar-refractivity contribution is 7.73. The molecule has 1 atom stereocenters. The van der Waals surface area contributed by atoms with Gasteiger partial charge in [0, 0.05) is 5.66 Å². The normalized spacial score (nSPS) is 15.4. The van der Waals surface area contributed by atoms with Crippen LogP contribution in [-0.4, -0.2) is 5.66 Å². The van der Waals surface area contributed by atoms with Crippen molar-refractivity contribution in [3.8, 4) is 0 Å². The van der Waals surface area contributed by atoms with Crippen LogP contribution in [-0.2, 0) is 0 Å². The first-order valence-corrected chi connectivity index (χ1v) is 8.52. The molecule has 0 heterocycles. The van der Waals surface area contributed by atoms with E-state index in [1.165, 1.54) is 10.6 Å². The van der Waals surface area contributed by atoms with Gasteiger partial charge in [-0.25, -0.2) is 0 Å². The zero-order chi connectivity index (χ0) is 13.8. The van der Waals surface area contributed by atoms with Crippen molar-refractivity contribution in [2.24, 2.45) is 0 Å². The summed E-state index contributed by atoms with van der Waals surface area (Å²) in [6.45, 7) is 2.38. The molecule has 0 spiro atoms. The molecule has 0 radical (unpaired) electrons. The smallest absolute Gasteiger partial charge is 0.00587 e. The highest BCUT2D eigenvalue weighted by Crippen LogP contribution is 2.44. The van der Waals surface area contributed by atoms with Crippen LogP contribution in [0.1, 0.15) is 13.3 Å². The Morgan fingerprint density at radius 2 is 1.40 bits per heavy atom. The molecule has 0 nitrogen and oxygen atoms in total. The van der Waals surface area contributed by atoms with Crippen LogP contribution in [0.4, 0.5) is 0 Å². The van der Waals surface area contributed by atoms with Gasteiger partial charge in [0.25, 0.3) is 0 Å². The van der Waals surface area contributed by atoms with Gasteiger partial charge in [0.15, 0.2) is 0 Å². The van der Waals surface area contributed by atoms with Crippen molar-refractivity contribution >= 4 is 18.5 Å². The summed E-state index contributed by atoms with van der Waals surface area (Å²) in [5.41, 5.74) is 2.15. The molecule has 0 aliphatic heterocycles. The topological polar surface area (TPSA) is 0 Å². The molecule has 0 N–H and O–H groups in total. The maximum atomic E-state index is 2.38. The van der Waals surface area contributed by atoms with Gasteiger partial charge >= 0.3 is 0 Å². The zero-order valence-corrected chi connectivity index (χ0v) is 12.6. The van der Waals surface area contributed by atoms with Gasteiger partial charge in [-0.3, -0.25) is 0 Å². The van der Waals surface area contributed by atoms with Crippen LogP contribution >= 0.6 is 7.92 Å². The van der Waals surface area contributed by atoms with Gasteiger partial charge in [0.1, 0.15) is 0 Å². The molecule has 2 aromatic carbocycles.